The zero-order chi connectivity index (χ0) is 17.9. The van der Waals surface area contributed by atoms with Crippen LogP contribution in [-0.2, 0) is 16.1 Å². The topological polar surface area (TPSA) is 79.9 Å². The van der Waals surface area contributed by atoms with E-state index in [9.17, 15) is 9.59 Å². The summed E-state index contributed by atoms with van der Waals surface area (Å²) in [6.45, 7) is 5.06. The van der Waals surface area contributed by atoms with E-state index in [0.717, 1.165) is 18.4 Å². The van der Waals surface area contributed by atoms with Crippen LogP contribution < -0.4 is 10.6 Å². The largest absolute Gasteiger partial charge is 0.450 e. The lowest BCUT2D eigenvalue weighted by molar-refractivity contribution is 0.0950. The monoisotopic (exact) mass is 349 g/mol. The van der Waals surface area contributed by atoms with E-state index in [1.54, 1.807) is 4.90 Å². The first-order chi connectivity index (χ1) is 12.2. The van der Waals surface area contributed by atoms with Gasteiger partial charge in [0.1, 0.15) is 6.61 Å². The van der Waals surface area contributed by atoms with Crippen molar-refractivity contribution in [2.24, 2.45) is 0 Å². The van der Waals surface area contributed by atoms with Crippen LogP contribution in [-0.4, -0.2) is 55.9 Å². The van der Waals surface area contributed by atoms with Gasteiger partial charge >= 0.3 is 12.2 Å². The zero-order valence-electron chi connectivity index (χ0n) is 14.7. The van der Waals surface area contributed by atoms with Crippen molar-refractivity contribution < 1.29 is 19.1 Å². The average Bonchev–Trinajstić information content (AvgIpc) is 2.65. The number of ether oxygens (including phenoxy) is 2. The van der Waals surface area contributed by atoms with Crippen molar-refractivity contribution >= 4 is 12.2 Å². The lowest BCUT2D eigenvalue weighted by Crippen LogP contribution is -2.46. The number of carbonyl (C=O) groups is 2. The molecular formula is C18H27N3O4. The molecule has 1 saturated heterocycles. The molecule has 0 atom stereocenters. The van der Waals surface area contributed by atoms with E-state index in [0.29, 0.717) is 38.8 Å². The molecule has 1 aromatic carbocycles. The van der Waals surface area contributed by atoms with Crippen LogP contribution in [0.3, 0.4) is 0 Å². The first kappa shape index (κ1) is 19.1. The van der Waals surface area contributed by atoms with Crippen LogP contribution in [0.2, 0.25) is 0 Å². The minimum atomic E-state index is -0.414. The Hall–Kier alpha value is -2.28. The van der Waals surface area contributed by atoms with Gasteiger partial charge in [0.25, 0.3) is 0 Å². The van der Waals surface area contributed by atoms with Gasteiger partial charge in [-0.05, 0) is 25.3 Å². The number of benzene rings is 1. The number of amides is 2. The van der Waals surface area contributed by atoms with Crippen molar-refractivity contribution in [2.75, 3.05) is 32.8 Å². The van der Waals surface area contributed by atoms with Crippen LogP contribution in [0.5, 0.6) is 0 Å². The van der Waals surface area contributed by atoms with Gasteiger partial charge in [0.05, 0.1) is 6.61 Å². The summed E-state index contributed by atoms with van der Waals surface area (Å²) in [6, 6.07) is 9.93. The highest BCUT2D eigenvalue weighted by Gasteiger charge is 2.22. The second kappa shape index (κ2) is 10.6. The van der Waals surface area contributed by atoms with E-state index in [1.165, 1.54) is 0 Å². The van der Waals surface area contributed by atoms with Crippen LogP contribution in [0.1, 0.15) is 25.3 Å². The Morgan fingerprint density at radius 3 is 2.52 bits per heavy atom. The molecule has 7 heteroatoms. The summed E-state index contributed by atoms with van der Waals surface area (Å²) in [5.41, 5.74) is 0.962. The van der Waals surface area contributed by atoms with Crippen molar-refractivity contribution in [1.29, 1.82) is 0 Å². The molecule has 0 saturated carbocycles. The Morgan fingerprint density at radius 1 is 1.12 bits per heavy atom. The first-order valence-electron chi connectivity index (χ1n) is 8.78. The highest BCUT2D eigenvalue weighted by atomic mass is 16.6. The number of carbonyl (C=O) groups excluding carboxylic acids is 2. The quantitative estimate of drug-likeness (QED) is 0.737. The molecule has 0 aromatic heterocycles. The van der Waals surface area contributed by atoms with Crippen LogP contribution in [0, 0.1) is 0 Å². The predicted octanol–water partition coefficient (Wildman–Crippen LogP) is 2.12. The third kappa shape index (κ3) is 7.01. The van der Waals surface area contributed by atoms with Gasteiger partial charge in [-0.15, -0.1) is 0 Å². The minimum Gasteiger partial charge on any atom is -0.450 e. The molecule has 0 spiro atoms. The summed E-state index contributed by atoms with van der Waals surface area (Å²) in [4.78, 5) is 25.0. The number of piperidine rings is 1. The number of likely N-dealkylation sites (tertiary alicyclic amines) is 1. The third-order valence-electron chi connectivity index (χ3n) is 4.06. The maximum atomic E-state index is 11.6. The number of rotatable bonds is 7. The molecule has 0 bridgehead atoms. The van der Waals surface area contributed by atoms with E-state index < -0.39 is 6.09 Å². The van der Waals surface area contributed by atoms with E-state index in [2.05, 4.69) is 10.6 Å². The minimum absolute atomic E-state index is 0.233. The highest BCUT2D eigenvalue weighted by Crippen LogP contribution is 2.11. The number of hydrogen-bond donors (Lipinski definition) is 2. The average molecular weight is 349 g/mol. The van der Waals surface area contributed by atoms with Crippen LogP contribution in [0.25, 0.3) is 0 Å². The van der Waals surface area contributed by atoms with Crippen LogP contribution in [0.4, 0.5) is 9.59 Å². The van der Waals surface area contributed by atoms with E-state index in [4.69, 9.17) is 9.47 Å². The van der Waals surface area contributed by atoms with Crippen molar-refractivity contribution in [3.8, 4) is 0 Å². The summed E-state index contributed by atoms with van der Waals surface area (Å²) >= 11 is 0. The van der Waals surface area contributed by atoms with Crippen LogP contribution >= 0.6 is 0 Å². The van der Waals surface area contributed by atoms with Gasteiger partial charge in [-0.25, -0.2) is 9.59 Å². The number of alkyl carbamates (subject to hydrolysis) is 1. The maximum Gasteiger partial charge on any atom is 0.409 e. The van der Waals surface area contributed by atoms with Crippen molar-refractivity contribution in [3.63, 3.8) is 0 Å². The number of nitrogens with one attached hydrogen (secondary N) is 2. The fourth-order valence-corrected chi connectivity index (χ4v) is 2.70. The SMILES string of the molecule is CCOC(=O)N1CCC(NCCNC(=O)OCc2ccccc2)CC1. The lowest BCUT2D eigenvalue weighted by atomic mass is 10.1. The molecular weight excluding hydrogens is 322 g/mol. The van der Waals surface area contributed by atoms with Gasteiger partial charge in [-0.3, -0.25) is 0 Å². The Labute approximate surface area is 148 Å². The molecule has 138 valence electrons. The number of nitrogens with zero attached hydrogens (tertiary/aromatic N) is 1. The molecule has 0 radical (unpaired) electrons. The molecule has 2 N–H and O–H groups in total. The van der Waals surface area contributed by atoms with Gasteiger partial charge in [0.15, 0.2) is 0 Å². The lowest BCUT2D eigenvalue weighted by Gasteiger charge is -2.31. The third-order valence-corrected chi connectivity index (χ3v) is 4.06. The summed E-state index contributed by atoms with van der Waals surface area (Å²) in [7, 11) is 0. The summed E-state index contributed by atoms with van der Waals surface area (Å²) in [5, 5.41) is 6.12. The van der Waals surface area contributed by atoms with Gasteiger partial charge in [-0.1, -0.05) is 30.3 Å². The number of hydrogen-bond acceptors (Lipinski definition) is 5. The Morgan fingerprint density at radius 2 is 1.84 bits per heavy atom. The summed E-state index contributed by atoms with van der Waals surface area (Å²) < 4.78 is 10.1. The van der Waals surface area contributed by atoms with E-state index in [1.807, 2.05) is 37.3 Å². The zero-order valence-corrected chi connectivity index (χ0v) is 14.7. The Balaban J connectivity index is 1.52. The molecule has 1 fully saturated rings. The fraction of sp³-hybridized carbons (Fsp3) is 0.556. The summed E-state index contributed by atoms with van der Waals surface area (Å²) in [5.74, 6) is 0. The Bertz CT molecular complexity index is 530. The molecule has 1 aliphatic rings. The van der Waals surface area contributed by atoms with E-state index >= 15 is 0 Å². The van der Waals surface area contributed by atoms with Crippen LogP contribution in [0.15, 0.2) is 30.3 Å². The molecule has 0 unspecified atom stereocenters. The molecule has 1 aromatic rings. The van der Waals surface area contributed by atoms with Gasteiger partial charge in [0, 0.05) is 32.2 Å². The highest BCUT2D eigenvalue weighted by molar-refractivity contribution is 5.67. The smallest absolute Gasteiger partial charge is 0.409 e. The molecule has 2 amide bonds. The Kier molecular flexibility index (Phi) is 8.04. The normalized spacial score (nSPS) is 14.8. The van der Waals surface area contributed by atoms with E-state index in [-0.39, 0.29) is 12.7 Å². The first-order valence-corrected chi connectivity index (χ1v) is 8.78. The molecule has 0 aliphatic carbocycles. The summed E-state index contributed by atoms with van der Waals surface area (Å²) in [6.07, 6.45) is 1.13. The van der Waals surface area contributed by atoms with Crippen molar-refractivity contribution in [1.82, 2.24) is 15.5 Å². The standard InChI is InChI=1S/C18H27N3O4/c1-2-24-18(23)21-12-8-16(9-13-21)19-10-11-20-17(22)25-14-15-6-4-3-5-7-15/h3-7,16,19H,2,8-14H2,1H3,(H,20,22). The predicted molar refractivity (Wildman–Crippen MR) is 94.2 cm³/mol. The fourth-order valence-electron chi connectivity index (χ4n) is 2.70. The van der Waals surface area contributed by atoms with Gasteiger partial charge in [-0.2, -0.15) is 0 Å². The van der Waals surface area contributed by atoms with Crippen molar-refractivity contribution in [2.45, 2.75) is 32.4 Å². The van der Waals surface area contributed by atoms with Crippen molar-refractivity contribution in [3.05, 3.63) is 35.9 Å². The molecule has 7 nitrogen and oxygen atoms in total. The second-order valence-corrected chi connectivity index (χ2v) is 5.90. The molecule has 2 rings (SSSR count). The second-order valence-electron chi connectivity index (χ2n) is 5.90. The molecule has 1 heterocycles. The van der Waals surface area contributed by atoms with Gasteiger partial charge in [0.2, 0.25) is 0 Å². The van der Waals surface area contributed by atoms with Gasteiger partial charge < -0.3 is 25.0 Å². The maximum absolute atomic E-state index is 11.6. The molecule has 1 aliphatic heterocycles. The molecule has 25 heavy (non-hydrogen) atoms.